The predicted octanol–water partition coefficient (Wildman–Crippen LogP) is 4.88. The lowest BCUT2D eigenvalue weighted by molar-refractivity contribution is -0.136. The minimum absolute atomic E-state index is 0.161. The van der Waals surface area contributed by atoms with Crippen LogP contribution in [0.5, 0.6) is 0 Å². The summed E-state index contributed by atoms with van der Waals surface area (Å²) in [5, 5.41) is 14.8. The SMILES string of the molecule is CC(C)(C)OC(=O)NCCN1CCN(Cc2ccc(-c3cccc(C(=O)Nc4ccccc4CC(=O)O)c3)cc2)CC1. The summed E-state index contributed by atoms with van der Waals surface area (Å²) >= 11 is 0. The third kappa shape index (κ3) is 9.43. The average Bonchev–Trinajstić information content (AvgIpc) is 2.94. The number of carboxylic acids is 1. The zero-order valence-electron chi connectivity index (χ0n) is 24.6. The number of nitrogens with zero attached hydrogens (tertiary/aromatic N) is 2. The van der Waals surface area contributed by atoms with E-state index in [0.717, 1.165) is 50.4 Å². The summed E-state index contributed by atoms with van der Waals surface area (Å²) in [5.41, 5.74) is 4.24. The van der Waals surface area contributed by atoms with Crippen LogP contribution in [0.4, 0.5) is 10.5 Å². The van der Waals surface area contributed by atoms with Crippen LogP contribution in [0, 0.1) is 0 Å². The van der Waals surface area contributed by atoms with Gasteiger partial charge in [0.1, 0.15) is 5.60 Å². The highest BCUT2D eigenvalue weighted by atomic mass is 16.6. The van der Waals surface area contributed by atoms with Crippen molar-refractivity contribution in [2.75, 3.05) is 44.6 Å². The van der Waals surface area contributed by atoms with E-state index in [4.69, 9.17) is 9.84 Å². The number of alkyl carbamates (subject to hydrolysis) is 1. The number of nitrogens with one attached hydrogen (secondary N) is 2. The van der Waals surface area contributed by atoms with E-state index in [9.17, 15) is 14.4 Å². The highest BCUT2D eigenvalue weighted by Crippen LogP contribution is 2.23. The molecular weight excluding hydrogens is 532 g/mol. The zero-order chi connectivity index (χ0) is 30.1. The van der Waals surface area contributed by atoms with Crippen molar-refractivity contribution >= 4 is 23.7 Å². The molecule has 0 bridgehead atoms. The molecule has 4 rings (SSSR count). The Morgan fingerprint density at radius 3 is 2.24 bits per heavy atom. The zero-order valence-corrected chi connectivity index (χ0v) is 24.6. The van der Waals surface area contributed by atoms with Crippen molar-refractivity contribution in [2.24, 2.45) is 0 Å². The molecule has 1 saturated heterocycles. The lowest BCUT2D eigenvalue weighted by Gasteiger charge is -2.34. The Bertz CT molecular complexity index is 1380. The van der Waals surface area contributed by atoms with Gasteiger partial charge in [0, 0.05) is 57.1 Å². The molecule has 9 heteroatoms. The van der Waals surface area contributed by atoms with Gasteiger partial charge in [0.15, 0.2) is 0 Å². The average molecular weight is 573 g/mol. The summed E-state index contributed by atoms with van der Waals surface area (Å²) in [6, 6.07) is 22.8. The summed E-state index contributed by atoms with van der Waals surface area (Å²) in [6.45, 7) is 11.6. The molecule has 0 aliphatic carbocycles. The molecule has 0 atom stereocenters. The Morgan fingerprint density at radius 2 is 1.55 bits per heavy atom. The van der Waals surface area contributed by atoms with Crippen LogP contribution in [0.1, 0.15) is 42.3 Å². The first-order valence-electron chi connectivity index (χ1n) is 14.3. The van der Waals surface area contributed by atoms with Gasteiger partial charge in [-0.15, -0.1) is 0 Å². The third-order valence-corrected chi connectivity index (χ3v) is 6.99. The minimum atomic E-state index is -0.950. The molecule has 1 heterocycles. The smallest absolute Gasteiger partial charge is 0.407 e. The Labute approximate surface area is 247 Å². The number of amides is 2. The molecule has 42 heavy (non-hydrogen) atoms. The number of rotatable bonds is 10. The van der Waals surface area contributed by atoms with Crippen molar-refractivity contribution in [3.8, 4) is 11.1 Å². The van der Waals surface area contributed by atoms with Crippen molar-refractivity contribution in [2.45, 2.75) is 39.3 Å². The van der Waals surface area contributed by atoms with Gasteiger partial charge in [-0.1, -0.05) is 54.6 Å². The number of anilines is 1. The molecule has 2 amide bonds. The number of benzene rings is 3. The van der Waals surface area contributed by atoms with E-state index in [1.54, 1.807) is 30.3 Å². The number of hydrogen-bond donors (Lipinski definition) is 3. The second-order valence-corrected chi connectivity index (χ2v) is 11.5. The summed E-state index contributed by atoms with van der Waals surface area (Å²) in [6.07, 6.45) is -0.537. The second kappa shape index (κ2) is 14.1. The topological polar surface area (TPSA) is 111 Å². The van der Waals surface area contributed by atoms with E-state index in [0.29, 0.717) is 23.4 Å². The van der Waals surface area contributed by atoms with Crippen molar-refractivity contribution in [1.82, 2.24) is 15.1 Å². The Kier molecular flexibility index (Phi) is 10.3. The number of piperazine rings is 1. The first-order chi connectivity index (χ1) is 20.1. The van der Waals surface area contributed by atoms with Crippen LogP contribution in [-0.2, 0) is 22.5 Å². The lowest BCUT2D eigenvalue weighted by atomic mass is 10.0. The molecule has 1 aliphatic rings. The van der Waals surface area contributed by atoms with Crippen LogP contribution in [0.15, 0.2) is 72.8 Å². The van der Waals surface area contributed by atoms with Crippen molar-refractivity contribution < 1.29 is 24.2 Å². The summed E-state index contributed by atoms with van der Waals surface area (Å²) in [4.78, 5) is 40.8. The number of carboxylic acid groups (broad SMARTS) is 1. The van der Waals surface area contributed by atoms with Gasteiger partial charge in [0.25, 0.3) is 5.91 Å². The fraction of sp³-hybridized carbons (Fsp3) is 0.364. The molecule has 9 nitrogen and oxygen atoms in total. The molecule has 3 aromatic rings. The molecule has 3 aromatic carbocycles. The molecule has 1 aliphatic heterocycles. The Balaban J connectivity index is 1.27. The first-order valence-corrected chi connectivity index (χ1v) is 14.3. The standard InChI is InChI=1S/C33H40N4O5/c1-33(2,3)42-32(41)34-15-16-36-17-19-37(20-18-36)23-24-11-13-25(14-12-24)26-8-6-9-28(21-26)31(40)35-29-10-5-4-7-27(29)22-30(38)39/h4-14,21H,15-20,22-23H2,1-3H3,(H,34,41)(H,35,40)(H,38,39). The summed E-state index contributed by atoms with van der Waals surface area (Å²) in [7, 11) is 0. The highest BCUT2D eigenvalue weighted by molar-refractivity contribution is 6.05. The van der Waals surface area contributed by atoms with Crippen LogP contribution in [-0.4, -0.2) is 77.7 Å². The maximum absolute atomic E-state index is 13.0. The van der Waals surface area contributed by atoms with Gasteiger partial charge in [-0.3, -0.25) is 19.4 Å². The van der Waals surface area contributed by atoms with Gasteiger partial charge < -0.3 is 20.5 Å². The maximum Gasteiger partial charge on any atom is 0.407 e. The molecule has 3 N–H and O–H groups in total. The number of para-hydroxylation sites is 1. The minimum Gasteiger partial charge on any atom is -0.481 e. The maximum atomic E-state index is 13.0. The van der Waals surface area contributed by atoms with Crippen molar-refractivity contribution in [1.29, 1.82) is 0 Å². The van der Waals surface area contributed by atoms with E-state index in [1.807, 2.05) is 39.0 Å². The molecule has 0 radical (unpaired) electrons. The van der Waals surface area contributed by atoms with Gasteiger partial charge in [-0.25, -0.2) is 4.79 Å². The monoisotopic (exact) mass is 572 g/mol. The molecule has 0 aromatic heterocycles. The van der Waals surface area contributed by atoms with E-state index in [2.05, 4.69) is 44.7 Å². The molecule has 0 spiro atoms. The van der Waals surface area contributed by atoms with Crippen LogP contribution in [0.25, 0.3) is 11.1 Å². The van der Waals surface area contributed by atoms with Crippen LogP contribution in [0.3, 0.4) is 0 Å². The van der Waals surface area contributed by atoms with Gasteiger partial charge in [0.2, 0.25) is 0 Å². The summed E-state index contributed by atoms with van der Waals surface area (Å²) in [5.74, 6) is -1.24. The number of carbonyl (C=O) groups excluding carboxylic acids is 2. The quantitative estimate of drug-likeness (QED) is 0.318. The fourth-order valence-corrected chi connectivity index (χ4v) is 4.86. The van der Waals surface area contributed by atoms with Gasteiger partial charge in [0.05, 0.1) is 6.42 Å². The normalized spacial score (nSPS) is 14.3. The van der Waals surface area contributed by atoms with E-state index >= 15 is 0 Å². The molecule has 222 valence electrons. The van der Waals surface area contributed by atoms with Gasteiger partial charge in [-0.05, 0) is 61.2 Å². The Hall–Kier alpha value is -4.21. The lowest BCUT2D eigenvalue weighted by Crippen LogP contribution is -2.48. The van der Waals surface area contributed by atoms with Crippen LogP contribution in [0.2, 0.25) is 0 Å². The van der Waals surface area contributed by atoms with Gasteiger partial charge >= 0.3 is 12.1 Å². The van der Waals surface area contributed by atoms with Gasteiger partial charge in [-0.2, -0.15) is 0 Å². The number of hydrogen-bond acceptors (Lipinski definition) is 6. The van der Waals surface area contributed by atoms with Crippen molar-refractivity contribution in [3.63, 3.8) is 0 Å². The van der Waals surface area contributed by atoms with Crippen LogP contribution >= 0.6 is 0 Å². The fourth-order valence-electron chi connectivity index (χ4n) is 4.86. The molecule has 1 fully saturated rings. The van der Waals surface area contributed by atoms with Crippen molar-refractivity contribution in [3.05, 3.63) is 89.5 Å². The van der Waals surface area contributed by atoms with E-state index in [1.165, 1.54) is 5.56 Å². The first kappa shape index (κ1) is 30.7. The molecular formula is C33H40N4O5. The number of aliphatic carboxylic acids is 1. The van der Waals surface area contributed by atoms with E-state index < -0.39 is 11.6 Å². The van der Waals surface area contributed by atoms with E-state index in [-0.39, 0.29) is 18.4 Å². The predicted molar refractivity (Wildman–Crippen MR) is 164 cm³/mol. The number of carbonyl (C=O) groups is 3. The largest absolute Gasteiger partial charge is 0.481 e. The third-order valence-electron chi connectivity index (χ3n) is 6.99. The van der Waals surface area contributed by atoms with Crippen LogP contribution < -0.4 is 10.6 Å². The second-order valence-electron chi connectivity index (χ2n) is 11.5. The summed E-state index contributed by atoms with van der Waals surface area (Å²) < 4.78 is 5.29. The Morgan fingerprint density at radius 1 is 0.857 bits per heavy atom. The number of ether oxygens (including phenoxy) is 1. The highest BCUT2D eigenvalue weighted by Gasteiger charge is 2.19. The molecule has 0 unspecified atom stereocenters. The molecule has 0 saturated carbocycles.